The van der Waals surface area contributed by atoms with E-state index in [2.05, 4.69) is 34.3 Å². The molecule has 3 heterocycles. The Morgan fingerprint density at radius 1 is 1.17 bits per heavy atom. The molecule has 1 N–H and O–H groups in total. The molecule has 1 aliphatic heterocycles. The summed E-state index contributed by atoms with van der Waals surface area (Å²) in [7, 11) is 1.47. The van der Waals surface area contributed by atoms with Crippen molar-refractivity contribution in [1.29, 1.82) is 0 Å². The number of fused-ring (bicyclic) bond motifs is 1. The zero-order valence-electron chi connectivity index (χ0n) is 16.8. The van der Waals surface area contributed by atoms with Crippen molar-refractivity contribution in [3.63, 3.8) is 0 Å². The number of nitrogens with one attached hydrogen (secondary N) is 1. The second-order valence-corrected chi connectivity index (χ2v) is 7.40. The van der Waals surface area contributed by atoms with E-state index >= 15 is 0 Å². The highest BCUT2D eigenvalue weighted by molar-refractivity contribution is 6.11. The van der Waals surface area contributed by atoms with Gasteiger partial charge in [-0.1, -0.05) is 5.16 Å². The van der Waals surface area contributed by atoms with Crippen LogP contribution in [-0.4, -0.2) is 46.1 Å². The van der Waals surface area contributed by atoms with Gasteiger partial charge in [0.05, 0.1) is 17.6 Å². The smallest absolute Gasteiger partial charge is 0.296 e. The van der Waals surface area contributed by atoms with Crippen molar-refractivity contribution >= 4 is 28.2 Å². The third-order valence-corrected chi connectivity index (χ3v) is 4.97. The molecular weight excluding hydrogens is 374 g/mol. The standard InChI is InChI=1S/C20H23N5O4/c1-11-9-25(10-12(2)28-11)15-7-5-14(6-8-15)21-19(26)17-16-13(3)29-23-18(16)20(27)24(4)22-17/h5-8,11-12H,9-10H2,1-4H3,(H,21,26). The van der Waals surface area contributed by atoms with Gasteiger partial charge in [0.1, 0.15) is 5.76 Å². The minimum Gasteiger partial charge on any atom is -0.372 e. The summed E-state index contributed by atoms with van der Waals surface area (Å²) in [5.74, 6) is -0.0560. The lowest BCUT2D eigenvalue weighted by atomic mass is 10.1. The lowest BCUT2D eigenvalue weighted by Gasteiger charge is -2.36. The van der Waals surface area contributed by atoms with Gasteiger partial charge in [0.15, 0.2) is 11.2 Å². The van der Waals surface area contributed by atoms with E-state index in [4.69, 9.17) is 9.26 Å². The van der Waals surface area contributed by atoms with E-state index in [0.29, 0.717) is 16.8 Å². The average molecular weight is 397 g/mol. The number of amides is 1. The van der Waals surface area contributed by atoms with Crippen molar-refractivity contribution in [2.75, 3.05) is 23.3 Å². The van der Waals surface area contributed by atoms with Gasteiger partial charge >= 0.3 is 0 Å². The molecular formula is C20H23N5O4. The lowest BCUT2D eigenvalue weighted by molar-refractivity contribution is -0.00521. The fourth-order valence-corrected chi connectivity index (χ4v) is 3.69. The molecule has 1 aromatic carbocycles. The Balaban J connectivity index is 1.57. The molecule has 1 amide bonds. The molecule has 2 aromatic heterocycles. The van der Waals surface area contributed by atoms with E-state index in [9.17, 15) is 9.59 Å². The van der Waals surface area contributed by atoms with Crippen molar-refractivity contribution in [1.82, 2.24) is 14.9 Å². The Bertz CT molecular complexity index is 1110. The number of hydrogen-bond acceptors (Lipinski definition) is 7. The molecule has 0 aliphatic carbocycles. The van der Waals surface area contributed by atoms with Gasteiger partial charge in [-0.25, -0.2) is 4.68 Å². The van der Waals surface area contributed by atoms with Crippen LogP contribution in [0.4, 0.5) is 11.4 Å². The van der Waals surface area contributed by atoms with Gasteiger partial charge in [-0.15, -0.1) is 0 Å². The summed E-state index contributed by atoms with van der Waals surface area (Å²) in [4.78, 5) is 27.2. The number of rotatable bonds is 3. The zero-order valence-corrected chi connectivity index (χ0v) is 16.8. The van der Waals surface area contributed by atoms with Gasteiger partial charge in [-0.2, -0.15) is 5.10 Å². The molecule has 1 saturated heterocycles. The van der Waals surface area contributed by atoms with E-state index in [1.54, 1.807) is 6.92 Å². The molecule has 2 unspecified atom stereocenters. The number of benzene rings is 1. The molecule has 1 aliphatic rings. The number of morpholine rings is 1. The van der Waals surface area contributed by atoms with Crippen molar-refractivity contribution in [2.45, 2.75) is 33.0 Å². The van der Waals surface area contributed by atoms with Crippen LogP contribution >= 0.6 is 0 Å². The molecule has 3 aromatic rings. The van der Waals surface area contributed by atoms with Gasteiger partial charge in [-0.3, -0.25) is 9.59 Å². The van der Waals surface area contributed by atoms with Gasteiger partial charge < -0.3 is 19.5 Å². The Morgan fingerprint density at radius 2 is 1.83 bits per heavy atom. The van der Waals surface area contributed by atoms with E-state index in [0.717, 1.165) is 23.5 Å². The minimum absolute atomic E-state index is 0.0936. The first kappa shape index (κ1) is 19.1. The molecule has 9 nitrogen and oxygen atoms in total. The first-order valence-corrected chi connectivity index (χ1v) is 9.48. The zero-order chi connectivity index (χ0) is 20.7. The summed E-state index contributed by atoms with van der Waals surface area (Å²) in [6, 6.07) is 7.62. The topological polar surface area (TPSA) is 102 Å². The van der Waals surface area contributed by atoms with E-state index in [1.165, 1.54) is 7.05 Å². The molecule has 4 rings (SSSR count). The second-order valence-electron chi connectivity index (χ2n) is 7.40. The number of carbonyl (C=O) groups is 1. The third kappa shape index (κ3) is 3.61. The SMILES string of the molecule is Cc1onc2c(=O)n(C)nc(C(=O)Nc3ccc(N4CC(C)OC(C)C4)cc3)c12. The van der Waals surface area contributed by atoms with Crippen LogP contribution in [0.5, 0.6) is 0 Å². The highest BCUT2D eigenvalue weighted by Crippen LogP contribution is 2.23. The number of ether oxygens (including phenoxy) is 1. The number of carbonyl (C=O) groups excluding carboxylic acids is 1. The summed E-state index contributed by atoms with van der Waals surface area (Å²) in [5, 5.41) is 11.0. The maximum atomic E-state index is 12.8. The van der Waals surface area contributed by atoms with Gasteiger partial charge in [0, 0.05) is 31.5 Å². The largest absolute Gasteiger partial charge is 0.372 e. The van der Waals surface area contributed by atoms with Crippen molar-refractivity contribution in [2.24, 2.45) is 7.05 Å². The Hall–Kier alpha value is -3.20. The van der Waals surface area contributed by atoms with Crippen LogP contribution in [0.2, 0.25) is 0 Å². The van der Waals surface area contributed by atoms with Crippen LogP contribution < -0.4 is 15.8 Å². The first-order chi connectivity index (χ1) is 13.8. The lowest BCUT2D eigenvalue weighted by Crippen LogP contribution is -2.45. The number of nitrogens with zero attached hydrogens (tertiary/aromatic N) is 4. The number of aromatic nitrogens is 3. The third-order valence-electron chi connectivity index (χ3n) is 4.97. The summed E-state index contributed by atoms with van der Waals surface area (Å²) >= 11 is 0. The maximum Gasteiger partial charge on any atom is 0.296 e. The molecule has 9 heteroatoms. The van der Waals surface area contributed by atoms with Gasteiger partial charge in [-0.05, 0) is 45.0 Å². The molecule has 0 saturated carbocycles. The molecule has 0 bridgehead atoms. The maximum absolute atomic E-state index is 12.8. The Labute approximate surface area is 167 Å². The summed E-state index contributed by atoms with van der Waals surface area (Å²) < 4.78 is 12.0. The van der Waals surface area contributed by atoms with Crippen LogP contribution in [0, 0.1) is 6.92 Å². The van der Waals surface area contributed by atoms with Gasteiger partial charge in [0.2, 0.25) is 0 Å². The van der Waals surface area contributed by atoms with Crippen LogP contribution in [0.1, 0.15) is 30.1 Å². The monoisotopic (exact) mass is 397 g/mol. The quantitative estimate of drug-likeness (QED) is 0.722. The highest BCUT2D eigenvalue weighted by Gasteiger charge is 2.23. The van der Waals surface area contributed by atoms with Crippen molar-refractivity contribution < 1.29 is 14.1 Å². The van der Waals surface area contributed by atoms with Crippen LogP contribution in [0.25, 0.3) is 10.9 Å². The van der Waals surface area contributed by atoms with Crippen LogP contribution in [0.15, 0.2) is 33.6 Å². The molecule has 2 atom stereocenters. The summed E-state index contributed by atoms with van der Waals surface area (Å²) in [6.45, 7) is 7.41. The molecule has 152 valence electrons. The summed E-state index contributed by atoms with van der Waals surface area (Å²) in [6.07, 6.45) is 0.339. The predicted molar refractivity (Wildman–Crippen MR) is 108 cm³/mol. The van der Waals surface area contributed by atoms with E-state index in [1.807, 2.05) is 24.3 Å². The van der Waals surface area contributed by atoms with Crippen LogP contribution in [0.3, 0.4) is 0 Å². The van der Waals surface area contributed by atoms with Crippen molar-refractivity contribution in [3.8, 4) is 0 Å². The number of anilines is 2. The highest BCUT2D eigenvalue weighted by atomic mass is 16.5. The van der Waals surface area contributed by atoms with E-state index in [-0.39, 0.29) is 23.4 Å². The fraction of sp³-hybridized carbons (Fsp3) is 0.400. The molecule has 0 spiro atoms. The minimum atomic E-state index is -0.432. The van der Waals surface area contributed by atoms with Crippen molar-refractivity contribution in [3.05, 3.63) is 46.1 Å². The average Bonchev–Trinajstić information content (AvgIpc) is 3.06. The summed E-state index contributed by atoms with van der Waals surface area (Å²) in [5.41, 5.74) is 1.48. The Kier molecular flexibility index (Phi) is 4.83. The predicted octanol–water partition coefficient (Wildman–Crippen LogP) is 2.10. The fourth-order valence-electron chi connectivity index (χ4n) is 3.69. The number of hydrogen-bond donors (Lipinski definition) is 1. The van der Waals surface area contributed by atoms with E-state index < -0.39 is 11.5 Å². The molecule has 1 fully saturated rings. The Morgan fingerprint density at radius 3 is 2.48 bits per heavy atom. The van der Waals surface area contributed by atoms with Crippen LogP contribution in [-0.2, 0) is 11.8 Å². The van der Waals surface area contributed by atoms with Gasteiger partial charge in [0.25, 0.3) is 11.5 Å². The molecule has 0 radical (unpaired) electrons. The second kappa shape index (κ2) is 7.32. The first-order valence-electron chi connectivity index (χ1n) is 9.48. The normalized spacial score (nSPS) is 19.5. The molecule has 29 heavy (non-hydrogen) atoms. The number of aryl methyl sites for hydroxylation is 2.